The summed E-state index contributed by atoms with van der Waals surface area (Å²) < 4.78 is 0. The van der Waals surface area contributed by atoms with Crippen molar-refractivity contribution >= 4 is 12.0 Å². The third kappa shape index (κ3) is 4.91. The van der Waals surface area contributed by atoms with Crippen LogP contribution in [-0.4, -0.2) is 52.3 Å². The molecular formula is C12H22N2O4. The highest BCUT2D eigenvalue weighted by molar-refractivity contribution is 5.75. The van der Waals surface area contributed by atoms with E-state index in [0.29, 0.717) is 6.04 Å². The topological polar surface area (TPSA) is 89.9 Å². The summed E-state index contributed by atoms with van der Waals surface area (Å²) in [5.74, 6) is -1.26. The SMILES string of the molecule is CCCCN(C(=O)NCCC(O)C(=O)O)C1CC1. The van der Waals surface area contributed by atoms with E-state index >= 15 is 0 Å². The number of carboxylic acids is 1. The number of aliphatic carboxylic acids is 1. The van der Waals surface area contributed by atoms with Crippen molar-refractivity contribution in [2.45, 2.75) is 51.2 Å². The molecule has 0 aliphatic heterocycles. The summed E-state index contributed by atoms with van der Waals surface area (Å²) >= 11 is 0. The Morgan fingerprint density at radius 1 is 1.44 bits per heavy atom. The van der Waals surface area contributed by atoms with Crippen LogP contribution in [0, 0.1) is 0 Å². The number of carbonyl (C=O) groups is 2. The van der Waals surface area contributed by atoms with Gasteiger partial charge in [0.1, 0.15) is 0 Å². The maximum absolute atomic E-state index is 11.9. The first-order valence-electron chi connectivity index (χ1n) is 6.51. The maximum atomic E-state index is 11.9. The quantitative estimate of drug-likeness (QED) is 0.600. The number of nitrogens with zero attached hydrogens (tertiary/aromatic N) is 1. The lowest BCUT2D eigenvalue weighted by Crippen LogP contribution is -2.43. The predicted molar refractivity (Wildman–Crippen MR) is 66.3 cm³/mol. The predicted octanol–water partition coefficient (Wildman–Crippen LogP) is 0.796. The molecule has 1 aliphatic rings. The molecule has 6 heteroatoms. The zero-order valence-electron chi connectivity index (χ0n) is 10.8. The molecule has 1 fully saturated rings. The molecule has 3 N–H and O–H groups in total. The van der Waals surface area contributed by atoms with Gasteiger partial charge >= 0.3 is 12.0 Å². The summed E-state index contributed by atoms with van der Waals surface area (Å²) in [6.45, 7) is 3.00. The molecule has 104 valence electrons. The fourth-order valence-electron chi connectivity index (χ4n) is 1.71. The number of hydrogen-bond acceptors (Lipinski definition) is 3. The lowest BCUT2D eigenvalue weighted by Gasteiger charge is -2.22. The van der Waals surface area contributed by atoms with Crippen molar-refractivity contribution < 1.29 is 19.8 Å². The Morgan fingerprint density at radius 2 is 2.11 bits per heavy atom. The summed E-state index contributed by atoms with van der Waals surface area (Å²) in [6, 6.07) is 0.199. The molecule has 6 nitrogen and oxygen atoms in total. The molecule has 0 aromatic carbocycles. The Hall–Kier alpha value is -1.30. The van der Waals surface area contributed by atoms with E-state index in [2.05, 4.69) is 12.2 Å². The molecule has 0 aromatic rings. The van der Waals surface area contributed by atoms with Crippen LogP contribution in [0.1, 0.15) is 39.0 Å². The smallest absolute Gasteiger partial charge is 0.332 e. The second-order valence-corrected chi connectivity index (χ2v) is 4.65. The Bertz CT molecular complexity index is 292. The van der Waals surface area contributed by atoms with Crippen molar-refractivity contribution in [3.63, 3.8) is 0 Å². The lowest BCUT2D eigenvalue weighted by molar-refractivity contribution is -0.146. The summed E-state index contributed by atoms with van der Waals surface area (Å²) in [5.41, 5.74) is 0. The standard InChI is InChI=1S/C12H22N2O4/c1-2-3-8-14(9-4-5-9)12(18)13-7-6-10(15)11(16)17/h9-10,15H,2-8H2,1H3,(H,13,18)(H,16,17). The average molecular weight is 258 g/mol. The highest BCUT2D eigenvalue weighted by atomic mass is 16.4. The number of carbonyl (C=O) groups excluding carboxylic acids is 1. The molecule has 0 spiro atoms. The van der Waals surface area contributed by atoms with Crippen LogP contribution in [0.4, 0.5) is 4.79 Å². The van der Waals surface area contributed by atoms with Crippen LogP contribution in [-0.2, 0) is 4.79 Å². The third-order valence-electron chi connectivity index (χ3n) is 2.98. The number of rotatable bonds is 8. The molecule has 1 saturated carbocycles. The van der Waals surface area contributed by atoms with E-state index in [4.69, 9.17) is 10.2 Å². The van der Waals surface area contributed by atoms with Crippen molar-refractivity contribution in [3.05, 3.63) is 0 Å². The average Bonchev–Trinajstić information content (AvgIpc) is 3.13. The van der Waals surface area contributed by atoms with E-state index in [-0.39, 0.29) is 19.0 Å². The largest absolute Gasteiger partial charge is 0.479 e. The van der Waals surface area contributed by atoms with Gasteiger partial charge in [-0.1, -0.05) is 13.3 Å². The van der Waals surface area contributed by atoms with Crippen LogP contribution >= 0.6 is 0 Å². The van der Waals surface area contributed by atoms with Gasteiger partial charge in [0, 0.05) is 25.6 Å². The molecule has 1 aliphatic carbocycles. The van der Waals surface area contributed by atoms with E-state index in [1.54, 1.807) is 0 Å². The number of aliphatic hydroxyl groups is 1. The van der Waals surface area contributed by atoms with Crippen LogP contribution in [0.25, 0.3) is 0 Å². The monoisotopic (exact) mass is 258 g/mol. The minimum atomic E-state index is -1.41. The number of hydrogen-bond donors (Lipinski definition) is 3. The van der Waals surface area contributed by atoms with Gasteiger partial charge in [0.15, 0.2) is 6.10 Å². The molecule has 2 amide bonds. The Balaban J connectivity index is 2.26. The Labute approximate surface area is 107 Å². The van der Waals surface area contributed by atoms with Gasteiger partial charge in [0.2, 0.25) is 0 Å². The second kappa shape index (κ2) is 7.20. The van der Waals surface area contributed by atoms with Crippen LogP contribution in [0.15, 0.2) is 0 Å². The third-order valence-corrected chi connectivity index (χ3v) is 2.98. The first kappa shape index (κ1) is 14.8. The van der Waals surface area contributed by atoms with E-state index in [1.807, 2.05) is 4.90 Å². The van der Waals surface area contributed by atoms with Gasteiger partial charge in [-0.15, -0.1) is 0 Å². The molecule has 1 rings (SSSR count). The van der Waals surface area contributed by atoms with Gasteiger partial charge in [0.25, 0.3) is 0 Å². The number of urea groups is 1. The molecule has 0 radical (unpaired) electrons. The molecule has 18 heavy (non-hydrogen) atoms. The van der Waals surface area contributed by atoms with Crippen molar-refractivity contribution in [2.24, 2.45) is 0 Å². The molecule has 0 heterocycles. The first-order chi connectivity index (χ1) is 8.56. The lowest BCUT2D eigenvalue weighted by atomic mass is 10.2. The summed E-state index contributed by atoms with van der Waals surface area (Å²) in [7, 11) is 0. The van der Waals surface area contributed by atoms with Gasteiger partial charge < -0.3 is 20.4 Å². The van der Waals surface area contributed by atoms with Crippen molar-refractivity contribution in [1.82, 2.24) is 10.2 Å². The molecule has 1 atom stereocenters. The van der Waals surface area contributed by atoms with Gasteiger partial charge in [-0.2, -0.15) is 0 Å². The van der Waals surface area contributed by atoms with Crippen LogP contribution in [0.2, 0.25) is 0 Å². The van der Waals surface area contributed by atoms with Gasteiger partial charge in [0.05, 0.1) is 0 Å². The zero-order valence-corrected chi connectivity index (χ0v) is 10.8. The highest BCUT2D eigenvalue weighted by Gasteiger charge is 2.31. The van der Waals surface area contributed by atoms with Crippen molar-refractivity contribution in [3.8, 4) is 0 Å². The first-order valence-corrected chi connectivity index (χ1v) is 6.51. The number of nitrogens with one attached hydrogen (secondary N) is 1. The Kier molecular flexibility index (Phi) is 5.91. The van der Waals surface area contributed by atoms with Crippen LogP contribution in [0.3, 0.4) is 0 Å². The van der Waals surface area contributed by atoms with E-state index in [0.717, 1.165) is 32.2 Å². The zero-order chi connectivity index (χ0) is 13.5. The Morgan fingerprint density at radius 3 is 2.61 bits per heavy atom. The minimum absolute atomic E-state index is 0.0351. The molecule has 0 bridgehead atoms. The highest BCUT2D eigenvalue weighted by Crippen LogP contribution is 2.27. The number of amides is 2. The molecular weight excluding hydrogens is 236 g/mol. The summed E-state index contributed by atoms with van der Waals surface area (Å²) in [4.78, 5) is 24.1. The number of aliphatic hydroxyl groups excluding tert-OH is 1. The summed E-state index contributed by atoms with van der Waals surface area (Å²) in [5, 5.41) is 20.2. The van der Waals surface area contributed by atoms with Gasteiger partial charge in [-0.3, -0.25) is 0 Å². The maximum Gasteiger partial charge on any atom is 0.332 e. The van der Waals surface area contributed by atoms with Gasteiger partial charge in [-0.25, -0.2) is 9.59 Å². The van der Waals surface area contributed by atoms with E-state index in [9.17, 15) is 9.59 Å². The fraction of sp³-hybridized carbons (Fsp3) is 0.833. The number of carboxylic acid groups (broad SMARTS) is 1. The molecule has 0 saturated heterocycles. The van der Waals surface area contributed by atoms with Crippen molar-refractivity contribution in [2.75, 3.05) is 13.1 Å². The second-order valence-electron chi connectivity index (χ2n) is 4.65. The minimum Gasteiger partial charge on any atom is -0.479 e. The molecule has 1 unspecified atom stereocenters. The fourth-order valence-corrected chi connectivity index (χ4v) is 1.71. The number of unbranched alkanes of at least 4 members (excludes halogenated alkanes) is 1. The van der Waals surface area contributed by atoms with E-state index < -0.39 is 12.1 Å². The van der Waals surface area contributed by atoms with Gasteiger partial charge in [-0.05, 0) is 19.3 Å². The van der Waals surface area contributed by atoms with E-state index in [1.165, 1.54) is 0 Å². The molecule has 0 aromatic heterocycles. The van der Waals surface area contributed by atoms with Crippen LogP contribution < -0.4 is 5.32 Å². The summed E-state index contributed by atoms with van der Waals surface area (Å²) in [6.07, 6.45) is 2.74. The van der Waals surface area contributed by atoms with Crippen LogP contribution in [0.5, 0.6) is 0 Å². The van der Waals surface area contributed by atoms with Crippen molar-refractivity contribution in [1.29, 1.82) is 0 Å². The normalized spacial score (nSPS) is 16.1.